The fraction of sp³-hybridized carbons (Fsp3) is 0.278. The molecular formula is C18H19FN4O2S. The van der Waals surface area contributed by atoms with Crippen LogP contribution >= 0.6 is 11.3 Å². The number of nitrogens with zero attached hydrogens (tertiary/aromatic N) is 3. The first-order valence-corrected chi connectivity index (χ1v) is 8.89. The molecule has 26 heavy (non-hydrogen) atoms. The smallest absolute Gasteiger partial charge is 0.271 e. The van der Waals surface area contributed by atoms with E-state index < -0.39 is 6.10 Å². The highest BCUT2D eigenvalue weighted by Gasteiger charge is 2.22. The van der Waals surface area contributed by atoms with Crippen molar-refractivity contribution in [1.82, 2.24) is 20.1 Å². The largest absolute Gasteiger partial charge is 0.375 e. The maximum absolute atomic E-state index is 13.1. The molecule has 0 aliphatic rings. The van der Waals surface area contributed by atoms with Crippen LogP contribution in [0.3, 0.4) is 0 Å². The number of carbonyl (C=O) groups excluding carboxylic acids is 1. The summed E-state index contributed by atoms with van der Waals surface area (Å²) in [4.78, 5) is 16.9. The second-order valence-corrected chi connectivity index (χ2v) is 6.77. The number of halogens is 1. The van der Waals surface area contributed by atoms with Gasteiger partial charge in [0, 0.05) is 31.3 Å². The Balaban J connectivity index is 1.70. The number of ether oxygens (including phenoxy) is 1. The molecule has 1 aromatic carbocycles. The average molecular weight is 374 g/mol. The molecular weight excluding hydrogens is 355 g/mol. The Kier molecular flexibility index (Phi) is 5.43. The lowest BCUT2D eigenvalue weighted by Crippen LogP contribution is -2.37. The SMILES string of the molecule is CO[C@H](c1ccc(F)cc1)[C@H](C)NC(=O)c1csc(-c2cnn(C)c2)n1. The second-order valence-electron chi connectivity index (χ2n) is 5.91. The highest BCUT2D eigenvalue weighted by Crippen LogP contribution is 2.24. The van der Waals surface area contributed by atoms with Gasteiger partial charge in [0.15, 0.2) is 0 Å². The minimum absolute atomic E-state index is 0.284. The van der Waals surface area contributed by atoms with E-state index in [1.165, 1.54) is 23.5 Å². The Morgan fingerprint density at radius 2 is 2.08 bits per heavy atom. The number of nitrogens with one attached hydrogen (secondary N) is 1. The fourth-order valence-corrected chi connectivity index (χ4v) is 3.46. The van der Waals surface area contributed by atoms with E-state index in [1.807, 2.05) is 20.2 Å². The van der Waals surface area contributed by atoms with Crippen LogP contribution in [0, 0.1) is 5.82 Å². The summed E-state index contributed by atoms with van der Waals surface area (Å²) in [5, 5.41) is 9.45. The number of methoxy groups -OCH3 is 1. The summed E-state index contributed by atoms with van der Waals surface area (Å²) in [6.45, 7) is 1.84. The Hall–Kier alpha value is -2.58. The Morgan fingerprint density at radius 3 is 2.69 bits per heavy atom. The van der Waals surface area contributed by atoms with Crippen LogP contribution in [0.2, 0.25) is 0 Å². The molecule has 3 rings (SSSR count). The molecule has 0 saturated heterocycles. The number of carbonyl (C=O) groups is 1. The highest BCUT2D eigenvalue weighted by molar-refractivity contribution is 7.13. The van der Waals surface area contributed by atoms with E-state index in [0.29, 0.717) is 5.69 Å². The average Bonchev–Trinajstić information content (AvgIpc) is 3.26. The molecule has 0 saturated carbocycles. The van der Waals surface area contributed by atoms with Gasteiger partial charge in [-0.25, -0.2) is 9.37 Å². The quantitative estimate of drug-likeness (QED) is 0.719. The minimum Gasteiger partial charge on any atom is -0.375 e. The van der Waals surface area contributed by atoms with E-state index in [4.69, 9.17) is 4.74 Å². The highest BCUT2D eigenvalue weighted by atomic mass is 32.1. The van der Waals surface area contributed by atoms with Gasteiger partial charge in [0.05, 0.1) is 12.2 Å². The van der Waals surface area contributed by atoms with Crippen LogP contribution in [0.5, 0.6) is 0 Å². The van der Waals surface area contributed by atoms with Crippen LogP contribution in [0.1, 0.15) is 29.1 Å². The molecule has 0 aliphatic heterocycles. The van der Waals surface area contributed by atoms with Crippen LogP contribution in [0.25, 0.3) is 10.6 Å². The van der Waals surface area contributed by atoms with Crippen molar-refractivity contribution in [2.45, 2.75) is 19.1 Å². The molecule has 0 unspecified atom stereocenters. The molecule has 0 radical (unpaired) electrons. The van der Waals surface area contributed by atoms with Gasteiger partial charge in [-0.2, -0.15) is 5.10 Å². The van der Waals surface area contributed by atoms with Crippen LogP contribution in [0.15, 0.2) is 42.0 Å². The van der Waals surface area contributed by atoms with Crippen molar-refractivity contribution in [2.75, 3.05) is 7.11 Å². The minimum atomic E-state index is -0.393. The van der Waals surface area contributed by atoms with Gasteiger partial charge in [-0.1, -0.05) is 12.1 Å². The molecule has 3 aromatic rings. The van der Waals surface area contributed by atoms with Crippen LogP contribution in [-0.2, 0) is 11.8 Å². The molecule has 6 nitrogen and oxygen atoms in total. The molecule has 2 heterocycles. The van der Waals surface area contributed by atoms with Crippen molar-refractivity contribution in [2.24, 2.45) is 7.05 Å². The van der Waals surface area contributed by atoms with Crippen LogP contribution in [-0.4, -0.2) is 33.8 Å². The first-order valence-electron chi connectivity index (χ1n) is 8.01. The summed E-state index contributed by atoms with van der Waals surface area (Å²) < 4.78 is 20.3. The van der Waals surface area contributed by atoms with E-state index in [2.05, 4.69) is 15.4 Å². The lowest BCUT2D eigenvalue weighted by Gasteiger charge is -2.23. The predicted molar refractivity (Wildman–Crippen MR) is 97.4 cm³/mol. The van der Waals surface area contributed by atoms with E-state index in [-0.39, 0.29) is 17.8 Å². The number of hydrogen-bond acceptors (Lipinski definition) is 5. The number of aromatic nitrogens is 3. The Morgan fingerprint density at radius 1 is 1.35 bits per heavy atom. The van der Waals surface area contributed by atoms with Crippen molar-refractivity contribution in [3.05, 3.63) is 59.1 Å². The van der Waals surface area contributed by atoms with Crippen molar-refractivity contribution in [3.63, 3.8) is 0 Å². The molecule has 0 spiro atoms. The van der Waals surface area contributed by atoms with Crippen molar-refractivity contribution in [1.29, 1.82) is 0 Å². The van der Waals surface area contributed by atoms with E-state index >= 15 is 0 Å². The third-order valence-corrected chi connectivity index (χ3v) is 4.85. The molecule has 0 bridgehead atoms. The normalized spacial score (nSPS) is 13.4. The number of rotatable bonds is 6. The second kappa shape index (κ2) is 7.76. The van der Waals surface area contributed by atoms with E-state index in [0.717, 1.165) is 16.1 Å². The Bertz CT molecular complexity index is 891. The lowest BCUT2D eigenvalue weighted by atomic mass is 10.0. The molecule has 1 N–H and O–H groups in total. The maximum Gasteiger partial charge on any atom is 0.271 e. The van der Waals surface area contributed by atoms with Gasteiger partial charge >= 0.3 is 0 Å². The first-order chi connectivity index (χ1) is 12.5. The number of aryl methyl sites for hydroxylation is 1. The predicted octanol–water partition coefficient (Wildman–Crippen LogP) is 3.19. The van der Waals surface area contributed by atoms with Gasteiger partial charge in [0.1, 0.15) is 22.6 Å². The van der Waals surface area contributed by atoms with Gasteiger partial charge in [-0.05, 0) is 24.6 Å². The summed E-state index contributed by atoms with van der Waals surface area (Å²) in [5.74, 6) is -0.598. The summed E-state index contributed by atoms with van der Waals surface area (Å²) in [7, 11) is 3.38. The van der Waals surface area contributed by atoms with E-state index in [1.54, 1.807) is 35.5 Å². The zero-order chi connectivity index (χ0) is 18.7. The van der Waals surface area contributed by atoms with Gasteiger partial charge < -0.3 is 10.1 Å². The third-order valence-electron chi connectivity index (χ3n) is 3.95. The van der Waals surface area contributed by atoms with Gasteiger partial charge in [-0.3, -0.25) is 9.48 Å². The lowest BCUT2D eigenvalue weighted by molar-refractivity contribution is 0.0642. The molecule has 0 aliphatic carbocycles. The zero-order valence-electron chi connectivity index (χ0n) is 14.6. The van der Waals surface area contributed by atoms with Gasteiger partial charge in [0.2, 0.25) is 0 Å². The molecule has 136 valence electrons. The van der Waals surface area contributed by atoms with Crippen LogP contribution < -0.4 is 5.32 Å². The first kappa shape index (κ1) is 18.2. The summed E-state index contributed by atoms with van der Waals surface area (Å²) in [6.07, 6.45) is 3.16. The molecule has 2 atom stereocenters. The summed E-state index contributed by atoms with van der Waals surface area (Å²) >= 11 is 1.39. The van der Waals surface area contributed by atoms with Crippen molar-refractivity contribution >= 4 is 17.2 Å². The maximum atomic E-state index is 13.1. The van der Waals surface area contributed by atoms with Crippen LogP contribution in [0.4, 0.5) is 4.39 Å². The molecule has 8 heteroatoms. The summed E-state index contributed by atoms with van der Waals surface area (Å²) in [5.41, 5.74) is 2.00. The molecule has 1 amide bonds. The number of hydrogen-bond donors (Lipinski definition) is 1. The summed E-state index contributed by atoms with van der Waals surface area (Å²) in [6, 6.07) is 5.72. The van der Waals surface area contributed by atoms with E-state index in [9.17, 15) is 9.18 Å². The fourth-order valence-electron chi connectivity index (χ4n) is 2.68. The third kappa shape index (κ3) is 3.97. The van der Waals surface area contributed by atoms with Crippen molar-refractivity contribution < 1.29 is 13.9 Å². The topological polar surface area (TPSA) is 69.0 Å². The number of thiazole rings is 1. The zero-order valence-corrected chi connectivity index (χ0v) is 15.5. The monoisotopic (exact) mass is 374 g/mol. The molecule has 2 aromatic heterocycles. The van der Waals surface area contributed by atoms with Crippen molar-refractivity contribution in [3.8, 4) is 10.6 Å². The Labute approximate surface area is 154 Å². The van der Waals surface area contributed by atoms with Gasteiger partial charge in [-0.15, -0.1) is 11.3 Å². The number of amides is 1. The molecule has 0 fully saturated rings. The van der Waals surface area contributed by atoms with Gasteiger partial charge in [0.25, 0.3) is 5.91 Å². The number of benzene rings is 1. The standard InChI is InChI=1S/C18H19FN4O2S/c1-11(16(25-3)12-4-6-14(19)7-5-12)21-17(24)15-10-26-18(22-15)13-8-20-23(2)9-13/h4-11,16H,1-3H3,(H,21,24)/t11-,16-/m0/s1.